The van der Waals surface area contributed by atoms with Crippen LogP contribution in [0.5, 0.6) is 0 Å². The molecule has 0 atom stereocenters. The summed E-state index contributed by atoms with van der Waals surface area (Å²) in [5, 5.41) is 14.2. The van der Waals surface area contributed by atoms with Crippen LogP contribution in [0.15, 0.2) is 24.3 Å². The predicted octanol–water partition coefficient (Wildman–Crippen LogP) is 1.34. The Kier molecular flexibility index (Phi) is 8.28. The summed E-state index contributed by atoms with van der Waals surface area (Å²) in [5.41, 5.74) is 1.07. The van der Waals surface area contributed by atoms with Gasteiger partial charge in [0.25, 0.3) is 0 Å². The van der Waals surface area contributed by atoms with Crippen LogP contribution in [0.1, 0.15) is 18.4 Å². The molecule has 0 spiro atoms. The molecule has 0 radical (unpaired) electrons. The highest BCUT2D eigenvalue weighted by Gasteiger charge is 2.09. The molecule has 0 saturated heterocycles. The first-order valence-corrected chi connectivity index (χ1v) is 7.21. The van der Waals surface area contributed by atoms with Gasteiger partial charge in [-0.15, -0.1) is 0 Å². The largest absolute Gasteiger partial charge is 0.463 e. The molecule has 8 heteroatoms. The maximum Gasteiger partial charge on any atom is 0.306 e. The molecule has 1 amide bonds. The summed E-state index contributed by atoms with van der Waals surface area (Å²) < 4.78 is 9.58. The monoisotopic (exact) mass is 335 g/mol. The molecule has 0 aliphatic heterocycles. The Morgan fingerprint density at radius 1 is 1.30 bits per heavy atom. The van der Waals surface area contributed by atoms with Gasteiger partial charge in [0.2, 0.25) is 5.91 Å². The lowest BCUT2D eigenvalue weighted by molar-refractivity contribution is -0.146. The van der Waals surface area contributed by atoms with Crippen molar-refractivity contribution < 1.29 is 19.1 Å². The van der Waals surface area contributed by atoms with Crippen LogP contribution >= 0.6 is 12.2 Å². The topological polar surface area (TPSA) is 100 Å². The number of nitrogens with one attached hydrogen (secondary N) is 2. The predicted molar refractivity (Wildman–Crippen MR) is 87.6 cm³/mol. The SMILES string of the molecule is COCCOC(=O)CCC(=O)NC(=S)Nc1cccc(C#N)c1. The van der Waals surface area contributed by atoms with Crippen LogP contribution in [-0.4, -0.2) is 37.3 Å². The second kappa shape index (κ2) is 10.3. The molecule has 0 bridgehead atoms. The van der Waals surface area contributed by atoms with Crippen molar-refractivity contribution in [2.24, 2.45) is 0 Å². The van der Waals surface area contributed by atoms with Crippen molar-refractivity contribution in [2.45, 2.75) is 12.8 Å². The smallest absolute Gasteiger partial charge is 0.306 e. The lowest BCUT2D eigenvalue weighted by Gasteiger charge is -2.09. The number of anilines is 1. The zero-order valence-corrected chi connectivity index (χ0v) is 13.4. The molecule has 7 nitrogen and oxygen atoms in total. The van der Waals surface area contributed by atoms with Crippen molar-refractivity contribution in [1.82, 2.24) is 5.32 Å². The molecule has 1 rings (SSSR count). The molecule has 23 heavy (non-hydrogen) atoms. The summed E-state index contributed by atoms with van der Waals surface area (Å²) in [6.45, 7) is 0.472. The second-order valence-corrected chi connectivity index (χ2v) is 4.82. The second-order valence-electron chi connectivity index (χ2n) is 4.41. The van der Waals surface area contributed by atoms with E-state index in [1.165, 1.54) is 7.11 Å². The van der Waals surface area contributed by atoms with E-state index in [1.54, 1.807) is 24.3 Å². The molecule has 1 aromatic rings. The standard InChI is InChI=1S/C15H17N3O4S/c1-21-7-8-22-14(20)6-5-13(19)18-15(23)17-12-4-2-3-11(9-12)10-16/h2-4,9H,5-8H2,1H3,(H2,17,18,19,23). The number of nitrogens with zero attached hydrogens (tertiary/aromatic N) is 1. The summed E-state index contributed by atoms with van der Waals surface area (Å²) in [5.74, 6) is -0.875. The highest BCUT2D eigenvalue weighted by Crippen LogP contribution is 2.09. The molecule has 2 N–H and O–H groups in total. The molecule has 0 aliphatic rings. The molecular weight excluding hydrogens is 318 g/mol. The maximum atomic E-state index is 11.7. The van der Waals surface area contributed by atoms with Gasteiger partial charge in [-0.3, -0.25) is 9.59 Å². The molecule has 0 fully saturated rings. The lowest BCUT2D eigenvalue weighted by Crippen LogP contribution is -2.34. The van der Waals surface area contributed by atoms with Crippen LogP contribution in [0, 0.1) is 11.3 Å². The van der Waals surface area contributed by atoms with Crippen LogP contribution in [0.25, 0.3) is 0 Å². The van der Waals surface area contributed by atoms with E-state index in [1.807, 2.05) is 6.07 Å². The Bertz CT molecular complexity index is 613. The molecule has 122 valence electrons. The van der Waals surface area contributed by atoms with Gasteiger partial charge in [-0.05, 0) is 30.4 Å². The van der Waals surface area contributed by atoms with Crippen molar-refractivity contribution in [3.63, 3.8) is 0 Å². The van der Waals surface area contributed by atoms with Crippen molar-refractivity contribution in [1.29, 1.82) is 5.26 Å². The van der Waals surface area contributed by atoms with Crippen LogP contribution in [0.2, 0.25) is 0 Å². The number of amides is 1. The molecule has 0 saturated carbocycles. The highest BCUT2D eigenvalue weighted by atomic mass is 32.1. The third-order valence-electron chi connectivity index (χ3n) is 2.61. The Labute approximate surface area is 139 Å². The first kappa shape index (κ1) is 18.5. The van der Waals surface area contributed by atoms with Gasteiger partial charge in [-0.2, -0.15) is 5.26 Å². The van der Waals surface area contributed by atoms with Crippen LogP contribution < -0.4 is 10.6 Å². The van der Waals surface area contributed by atoms with Crippen molar-refractivity contribution in [3.05, 3.63) is 29.8 Å². The number of methoxy groups -OCH3 is 1. The zero-order valence-electron chi connectivity index (χ0n) is 12.6. The van der Waals surface area contributed by atoms with E-state index in [2.05, 4.69) is 10.6 Å². The number of carbonyl (C=O) groups is 2. The number of carbonyl (C=O) groups excluding carboxylic acids is 2. The number of benzene rings is 1. The Hall–Kier alpha value is -2.50. The lowest BCUT2D eigenvalue weighted by atomic mass is 10.2. The van der Waals surface area contributed by atoms with E-state index in [-0.39, 0.29) is 24.6 Å². The van der Waals surface area contributed by atoms with Gasteiger partial charge < -0.3 is 20.1 Å². The summed E-state index contributed by atoms with van der Waals surface area (Å²) in [4.78, 5) is 23.0. The van der Waals surface area contributed by atoms with E-state index >= 15 is 0 Å². The summed E-state index contributed by atoms with van der Waals surface area (Å²) in [6.07, 6.45) is -0.0754. The third kappa shape index (κ3) is 7.90. The van der Waals surface area contributed by atoms with Gasteiger partial charge in [-0.25, -0.2) is 0 Å². The fraction of sp³-hybridized carbons (Fsp3) is 0.333. The van der Waals surface area contributed by atoms with Gasteiger partial charge >= 0.3 is 5.97 Å². The minimum atomic E-state index is -0.474. The van der Waals surface area contributed by atoms with E-state index in [0.717, 1.165) is 0 Å². The fourth-order valence-corrected chi connectivity index (χ4v) is 1.78. The number of rotatable bonds is 7. The Morgan fingerprint density at radius 2 is 2.09 bits per heavy atom. The third-order valence-corrected chi connectivity index (χ3v) is 2.81. The molecule has 0 heterocycles. The quantitative estimate of drug-likeness (QED) is 0.440. The molecule has 0 aromatic heterocycles. The molecule has 0 unspecified atom stereocenters. The number of nitriles is 1. The molecule has 0 aliphatic carbocycles. The Morgan fingerprint density at radius 3 is 2.78 bits per heavy atom. The average Bonchev–Trinajstić information content (AvgIpc) is 2.53. The summed E-state index contributed by atoms with van der Waals surface area (Å²) in [6, 6.07) is 8.67. The van der Waals surface area contributed by atoms with Crippen molar-refractivity contribution in [2.75, 3.05) is 25.6 Å². The van der Waals surface area contributed by atoms with Crippen molar-refractivity contribution >= 4 is 34.9 Å². The maximum absolute atomic E-state index is 11.7. The highest BCUT2D eigenvalue weighted by molar-refractivity contribution is 7.80. The van der Waals surface area contributed by atoms with Gasteiger partial charge in [-0.1, -0.05) is 6.07 Å². The first-order chi connectivity index (χ1) is 11.0. The normalized spacial score (nSPS) is 9.57. The van der Waals surface area contributed by atoms with Crippen LogP contribution in [0.3, 0.4) is 0 Å². The van der Waals surface area contributed by atoms with Crippen LogP contribution in [-0.2, 0) is 19.1 Å². The van der Waals surface area contributed by atoms with Gasteiger partial charge in [0.15, 0.2) is 5.11 Å². The summed E-state index contributed by atoms with van der Waals surface area (Å²) >= 11 is 5.00. The molecule has 1 aromatic carbocycles. The number of esters is 1. The van der Waals surface area contributed by atoms with Gasteiger partial charge in [0.05, 0.1) is 24.7 Å². The number of thiocarbonyl (C=S) groups is 1. The van der Waals surface area contributed by atoms with Gasteiger partial charge in [0, 0.05) is 19.2 Å². The first-order valence-electron chi connectivity index (χ1n) is 6.80. The minimum Gasteiger partial charge on any atom is -0.463 e. The Balaban J connectivity index is 2.32. The van der Waals surface area contributed by atoms with E-state index < -0.39 is 11.9 Å². The van der Waals surface area contributed by atoms with Gasteiger partial charge in [0.1, 0.15) is 6.61 Å². The minimum absolute atomic E-state index is 0.0358. The van der Waals surface area contributed by atoms with Crippen molar-refractivity contribution in [3.8, 4) is 6.07 Å². The summed E-state index contributed by atoms with van der Waals surface area (Å²) in [7, 11) is 1.50. The molecular formula is C15H17N3O4S. The number of hydrogen-bond donors (Lipinski definition) is 2. The van der Waals surface area contributed by atoms with E-state index in [9.17, 15) is 9.59 Å². The zero-order chi connectivity index (χ0) is 17.1. The van der Waals surface area contributed by atoms with Crippen LogP contribution in [0.4, 0.5) is 5.69 Å². The average molecular weight is 335 g/mol. The number of ether oxygens (including phenoxy) is 2. The van der Waals surface area contributed by atoms with E-state index in [0.29, 0.717) is 17.9 Å². The number of hydrogen-bond acceptors (Lipinski definition) is 6. The fourth-order valence-electron chi connectivity index (χ4n) is 1.54. The van der Waals surface area contributed by atoms with E-state index in [4.69, 9.17) is 27.0 Å².